The largest absolute Gasteiger partial charge is 0.497 e. The van der Waals surface area contributed by atoms with Crippen LogP contribution >= 0.6 is 0 Å². The summed E-state index contributed by atoms with van der Waals surface area (Å²) in [6.07, 6.45) is 5.70. The molecule has 0 amide bonds. The average molecular weight is 271 g/mol. The second-order valence-corrected chi connectivity index (χ2v) is 4.90. The summed E-state index contributed by atoms with van der Waals surface area (Å²) in [6.45, 7) is 12.0. The third-order valence-corrected chi connectivity index (χ3v) is 3.83. The number of nitrogens with zero attached hydrogens (tertiary/aromatic N) is 1. The number of benzene rings is 1. The quantitative estimate of drug-likeness (QED) is 0.683. The van der Waals surface area contributed by atoms with Crippen LogP contribution in [0, 0.1) is 0 Å². The molecular formula is C18H25NO. The SMILES string of the molecule is C=C/C=C(\C=C)[C@H](C)N(C)[C@@H](C)c1cccc(OC)c1. The first kappa shape index (κ1) is 16.3. The summed E-state index contributed by atoms with van der Waals surface area (Å²) in [5.41, 5.74) is 2.40. The Morgan fingerprint density at radius 3 is 2.55 bits per heavy atom. The molecule has 0 saturated carbocycles. The van der Waals surface area contributed by atoms with Gasteiger partial charge >= 0.3 is 0 Å². The van der Waals surface area contributed by atoms with Crippen LogP contribution in [0.5, 0.6) is 5.75 Å². The van der Waals surface area contributed by atoms with Gasteiger partial charge in [-0.15, -0.1) is 0 Å². The number of hydrogen-bond donors (Lipinski definition) is 0. The highest BCUT2D eigenvalue weighted by atomic mass is 16.5. The van der Waals surface area contributed by atoms with Gasteiger partial charge in [0.25, 0.3) is 0 Å². The lowest BCUT2D eigenvalue weighted by molar-refractivity contribution is 0.223. The molecule has 0 saturated heterocycles. The Kier molecular flexibility index (Phi) is 6.26. The van der Waals surface area contributed by atoms with E-state index >= 15 is 0 Å². The third kappa shape index (κ3) is 3.84. The van der Waals surface area contributed by atoms with Crippen LogP contribution in [0.2, 0.25) is 0 Å². The van der Waals surface area contributed by atoms with E-state index in [2.05, 4.69) is 51.1 Å². The van der Waals surface area contributed by atoms with E-state index in [1.54, 1.807) is 13.2 Å². The molecule has 0 aromatic heterocycles. The molecule has 0 N–H and O–H groups in total. The average Bonchev–Trinajstić information content (AvgIpc) is 2.50. The second-order valence-electron chi connectivity index (χ2n) is 4.90. The molecule has 0 bridgehead atoms. The van der Waals surface area contributed by atoms with Crippen molar-refractivity contribution in [3.05, 3.63) is 66.8 Å². The maximum absolute atomic E-state index is 5.29. The van der Waals surface area contributed by atoms with Gasteiger partial charge in [0.15, 0.2) is 0 Å². The van der Waals surface area contributed by atoms with Crippen molar-refractivity contribution in [2.24, 2.45) is 0 Å². The normalized spacial score (nSPS) is 14.8. The Bertz CT molecular complexity index is 490. The van der Waals surface area contributed by atoms with Crippen LogP contribution in [0.3, 0.4) is 0 Å². The standard InChI is InChI=1S/C18H25NO/c1-7-10-16(8-2)14(3)19(5)15(4)17-11-9-12-18(13-17)20-6/h7-15H,1-2H2,3-6H3/b16-10+/t14-,15-/m0/s1. The number of rotatable bonds is 7. The highest BCUT2D eigenvalue weighted by Crippen LogP contribution is 2.26. The fourth-order valence-corrected chi connectivity index (χ4v) is 2.22. The highest BCUT2D eigenvalue weighted by molar-refractivity contribution is 5.31. The predicted molar refractivity (Wildman–Crippen MR) is 87.1 cm³/mol. The van der Waals surface area contributed by atoms with Crippen molar-refractivity contribution >= 4 is 0 Å². The van der Waals surface area contributed by atoms with Gasteiger partial charge < -0.3 is 4.74 Å². The van der Waals surface area contributed by atoms with E-state index in [1.165, 1.54) is 5.56 Å². The minimum atomic E-state index is 0.270. The van der Waals surface area contributed by atoms with Crippen LogP contribution in [0.15, 0.2) is 61.2 Å². The minimum Gasteiger partial charge on any atom is -0.497 e. The van der Waals surface area contributed by atoms with Crippen LogP contribution in [0.1, 0.15) is 25.5 Å². The van der Waals surface area contributed by atoms with E-state index < -0.39 is 0 Å². The molecule has 1 aromatic carbocycles. The van der Waals surface area contributed by atoms with Crippen molar-refractivity contribution in [3.8, 4) is 5.75 Å². The zero-order valence-electron chi connectivity index (χ0n) is 13.0. The predicted octanol–water partition coefficient (Wildman–Crippen LogP) is 4.37. The molecule has 2 atom stereocenters. The van der Waals surface area contributed by atoms with Gasteiger partial charge in [-0.3, -0.25) is 4.90 Å². The van der Waals surface area contributed by atoms with E-state index in [-0.39, 0.29) is 12.1 Å². The van der Waals surface area contributed by atoms with Crippen molar-refractivity contribution in [1.82, 2.24) is 4.90 Å². The van der Waals surface area contributed by atoms with Gasteiger partial charge in [-0.2, -0.15) is 0 Å². The molecule has 2 heteroatoms. The van der Waals surface area contributed by atoms with Gasteiger partial charge in [-0.25, -0.2) is 0 Å². The van der Waals surface area contributed by atoms with E-state index in [4.69, 9.17) is 4.74 Å². The smallest absolute Gasteiger partial charge is 0.119 e. The molecule has 0 spiro atoms. The molecule has 2 nitrogen and oxygen atoms in total. The maximum Gasteiger partial charge on any atom is 0.119 e. The molecule has 1 rings (SSSR count). The van der Waals surface area contributed by atoms with Crippen LogP contribution in [-0.4, -0.2) is 25.1 Å². The fraction of sp³-hybridized carbons (Fsp3) is 0.333. The Morgan fingerprint density at radius 2 is 2.00 bits per heavy atom. The summed E-state index contributed by atoms with van der Waals surface area (Å²) in [7, 11) is 3.81. The molecule has 108 valence electrons. The number of ether oxygens (including phenoxy) is 1. The summed E-state index contributed by atoms with van der Waals surface area (Å²) >= 11 is 0. The minimum absolute atomic E-state index is 0.270. The number of allylic oxidation sites excluding steroid dienone is 2. The molecular weight excluding hydrogens is 246 g/mol. The molecule has 20 heavy (non-hydrogen) atoms. The van der Waals surface area contributed by atoms with Crippen molar-refractivity contribution in [1.29, 1.82) is 0 Å². The third-order valence-electron chi connectivity index (χ3n) is 3.83. The Morgan fingerprint density at radius 1 is 1.30 bits per heavy atom. The van der Waals surface area contributed by atoms with E-state index in [0.717, 1.165) is 11.3 Å². The fourth-order valence-electron chi connectivity index (χ4n) is 2.22. The van der Waals surface area contributed by atoms with Gasteiger partial charge in [0, 0.05) is 12.1 Å². The lowest BCUT2D eigenvalue weighted by Crippen LogP contribution is -2.32. The number of methoxy groups -OCH3 is 1. The van der Waals surface area contributed by atoms with Gasteiger partial charge in [0.1, 0.15) is 5.75 Å². The molecule has 1 aromatic rings. The Balaban J connectivity index is 2.94. The zero-order valence-corrected chi connectivity index (χ0v) is 13.0. The molecule has 0 radical (unpaired) electrons. The van der Waals surface area contributed by atoms with Gasteiger partial charge in [-0.1, -0.05) is 43.5 Å². The monoisotopic (exact) mass is 271 g/mol. The van der Waals surface area contributed by atoms with E-state index in [1.807, 2.05) is 24.3 Å². The van der Waals surface area contributed by atoms with Crippen molar-refractivity contribution < 1.29 is 4.74 Å². The Hall–Kier alpha value is -1.80. The van der Waals surface area contributed by atoms with Crippen molar-refractivity contribution in [3.63, 3.8) is 0 Å². The summed E-state index contributed by atoms with van der Waals surface area (Å²) in [5, 5.41) is 0. The van der Waals surface area contributed by atoms with Gasteiger partial charge in [-0.05, 0) is 44.2 Å². The van der Waals surface area contributed by atoms with E-state index in [9.17, 15) is 0 Å². The number of hydrogen-bond acceptors (Lipinski definition) is 2. The first-order chi connectivity index (χ1) is 9.54. The van der Waals surface area contributed by atoms with Crippen LogP contribution in [0.25, 0.3) is 0 Å². The molecule has 0 aliphatic carbocycles. The van der Waals surface area contributed by atoms with Crippen LogP contribution in [0.4, 0.5) is 0 Å². The van der Waals surface area contributed by atoms with Gasteiger partial charge in [0.2, 0.25) is 0 Å². The first-order valence-electron chi connectivity index (χ1n) is 6.86. The summed E-state index contributed by atoms with van der Waals surface area (Å²) in [4.78, 5) is 2.31. The van der Waals surface area contributed by atoms with Crippen molar-refractivity contribution in [2.75, 3.05) is 14.2 Å². The van der Waals surface area contributed by atoms with Crippen molar-refractivity contribution in [2.45, 2.75) is 25.9 Å². The van der Waals surface area contributed by atoms with Crippen LogP contribution < -0.4 is 4.74 Å². The molecule has 0 unspecified atom stereocenters. The molecule has 0 fully saturated rings. The molecule has 0 heterocycles. The second kappa shape index (κ2) is 7.71. The topological polar surface area (TPSA) is 12.5 Å². The first-order valence-corrected chi connectivity index (χ1v) is 6.86. The highest BCUT2D eigenvalue weighted by Gasteiger charge is 2.19. The summed E-state index contributed by atoms with van der Waals surface area (Å²) in [5.74, 6) is 0.890. The maximum atomic E-state index is 5.29. The lowest BCUT2D eigenvalue weighted by atomic mass is 10.0. The van der Waals surface area contributed by atoms with Crippen LogP contribution in [-0.2, 0) is 0 Å². The summed E-state index contributed by atoms with van der Waals surface area (Å²) < 4.78 is 5.29. The lowest BCUT2D eigenvalue weighted by Gasteiger charge is -2.32. The number of likely N-dealkylation sites (N-methyl/N-ethyl adjacent to an activating group) is 1. The Labute approximate surface area is 123 Å². The molecule has 0 aliphatic heterocycles. The summed E-state index contributed by atoms with van der Waals surface area (Å²) in [6, 6.07) is 8.75. The van der Waals surface area contributed by atoms with E-state index in [0.29, 0.717) is 0 Å². The molecule has 0 aliphatic rings. The zero-order chi connectivity index (χ0) is 15.1. The van der Waals surface area contributed by atoms with Gasteiger partial charge in [0.05, 0.1) is 7.11 Å².